The van der Waals surface area contributed by atoms with Gasteiger partial charge in [0.15, 0.2) is 5.96 Å². The first-order valence-corrected chi connectivity index (χ1v) is 11.1. The highest BCUT2D eigenvalue weighted by Gasteiger charge is 2.20. The molecule has 1 aliphatic carbocycles. The van der Waals surface area contributed by atoms with Gasteiger partial charge in [0.2, 0.25) is 10.0 Å². The van der Waals surface area contributed by atoms with Gasteiger partial charge >= 0.3 is 0 Å². The maximum Gasteiger partial charge on any atom is 0.213 e. The minimum Gasteiger partial charge on any atom is -0.355 e. The number of rotatable bonds is 8. The number of hydrogen-bond acceptors (Lipinski definition) is 3. The second-order valence-electron chi connectivity index (χ2n) is 6.50. The van der Waals surface area contributed by atoms with Crippen LogP contribution >= 0.6 is 47.2 Å². The number of guanidine groups is 1. The molecule has 6 nitrogen and oxygen atoms in total. The third-order valence-electron chi connectivity index (χ3n) is 4.49. The van der Waals surface area contributed by atoms with Crippen LogP contribution in [0.4, 0.5) is 0 Å². The third kappa shape index (κ3) is 8.31. The van der Waals surface area contributed by atoms with Crippen molar-refractivity contribution in [2.45, 2.75) is 32.2 Å². The van der Waals surface area contributed by atoms with Gasteiger partial charge in [-0.2, -0.15) is 0 Å². The van der Waals surface area contributed by atoms with Crippen molar-refractivity contribution in [3.8, 4) is 0 Å². The van der Waals surface area contributed by atoms with E-state index in [2.05, 4.69) is 20.3 Å². The molecule has 154 valence electrons. The molecule has 10 heteroatoms. The van der Waals surface area contributed by atoms with Crippen molar-refractivity contribution in [3.05, 3.63) is 33.8 Å². The summed E-state index contributed by atoms with van der Waals surface area (Å²) in [5.41, 5.74) is 0.883. The van der Waals surface area contributed by atoms with Gasteiger partial charge in [0.05, 0.1) is 11.8 Å². The van der Waals surface area contributed by atoms with Crippen LogP contribution in [0.2, 0.25) is 10.0 Å². The predicted octanol–water partition coefficient (Wildman–Crippen LogP) is 3.56. The number of nitrogens with one attached hydrogen (secondary N) is 3. The van der Waals surface area contributed by atoms with Gasteiger partial charge in [0, 0.05) is 30.2 Å². The molecule has 0 radical (unpaired) electrons. The Kier molecular flexibility index (Phi) is 10.7. The summed E-state index contributed by atoms with van der Waals surface area (Å²) in [6.07, 6.45) is 3.43. The number of aliphatic imine (C=N–C) groups is 1. The molecule has 1 saturated carbocycles. The van der Waals surface area contributed by atoms with Gasteiger partial charge in [-0.1, -0.05) is 35.7 Å². The van der Waals surface area contributed by atoms with Gasteiger partial charge in [-0.3, -0.25) is 4.99 Å². The Labute approximate surface area is 188 Å². The molecule has 1 aliphatic rings. The SMILES string of the molecule is CN=C(NCCS(=O)(=O)NCC1CCC1)NC(C)c1ccc(Cl)cc1Cl.I. The standard InChI is InChI=1S/C17H26Cl2N4O2S.HI/c1-12(15-7-6-14(18)10-16(15)19)23-17(20-2)21-8-9-26(24,25)22-11-13-4-3-5-13;/h6-7,10,12-13,22H,3-5,8-9,11H2,1-2H3,(H2,20,21,23);1H. The van der Waals surface area contributed by atoms with E-state index in [1.807, 2.05) is 13.0 Å². The molecule has 1 atom stereocenters. The molecule has 0 saturated heterocycles. The lowest BCUT2D eigenvalue weighted by molar-refractivity contribution is 0.316. The van der Waals surface area contributed by atoms with E-state index in [9.17, 15) is 8.42 Å². The lowest BCUT2D eigenvalue weighted by Crippen LogP contribution is -2.42. The molecular formula is C17H27Cl2IN4O2S. The molecule has 1 aromatic carbocycles. The Bertz CT molecular complexity index is 742. The molecule has 2 rings (SSSR count). The molecule has 27 heavy (non-hydrogen) atoms. The molecule has 1 aromatic rings. The normalized spacial score (nSPS) is 16.2. The van der Waals surface area contributed by atoms with Crippen LogP contribution in [0.15, 0.2) is 23.2 Å². The molecule has 0 amide bonds. The fourth-order valence-corrected chi connectivity index (χ4v) is 4.22. The molecule has 3 N–H and O–H groups in total. The van der Waals surface area contributed by atoms with E-state index in [1.165, 1.54) is 6.42 Å². The first-order valence-electron chi connectivity index (χ1n) is 8.70. The summed E-state index contributed by atoms with van der Waals surface area (Å²) in [4.78, 5) is 4.13. The van der Waals surface area contributed by atoms with Crippen LogP contribution in [0.1, 0.15) is 37.8 Å². The van der Waals surface area contributed by atoms with Crippen LogP contribution in [-0.2, 0) is 10.0 Å². The maximum absolute atomic E-state index is 12.0. The maximum atomic E-state index is 12.0. The zero-order valence-electron chi connectivity index (χ0n) is 15.5. The molecule has 0 aliphatic heterocycles. The zero-order valence-corrected chi connectivity index (χ0v) is 20.1. The van der Waals surface area contributed by atoms with Gasteiger partial charge in [-0.15, -0.1) is 24.0 Å². The van der Waals surface area contributed by atoms with E-state index < -0.39 is 10.0 Å². The van der Waals surface area contributed by atoms with Crippen molar-refractivity contribution >= 4 is 63.2 Å². The summed E-state index contributed by atoms with van der Waals surface area (Å²) in [6.45, 7) is 2.75. The highest BCUT2D eigenvalue weighted by atomic mass is 127. The minimum atomic E-state index is -3.28. The Balaban J connectivity index is 0.00000364. The first-order chi connectivity index (χ1) is 12.3. The highest BCUT2D eigenvalue weighted by molar-refractivity contribution is 14.0. The summed E-state index contributed by atoms with van der Waals surface area (Å²) in [5.74, 6) is 1.01. The van der Waals surface area contributed by atoms with Crippen LogP contribution in [0, 0.1) is 5.92 Å². The highest BCUT2D eigenvalue weighted by Crippen LogP contribution is 2.26. The van der Waals surface area contributed by atoms with E-state index >= 15 is 0 Å². The Hall–Kier alpha value is -0.290. The van der Waals surface area contributed by atoms with Gasteiger partial charge in [-0.25, -0.2) is 13.1 Å². The van der Waals surface area contributed by atoms with E-state index in [-0.39, 0.29) is 42.3 Å². The van der Waals surface area contributed by atoms with E-state index in [0.717, 1.165) is 18.4 Å². The largest absolute Gasteiger partial charge is 0.355 e. The lowest BCUT2D eigenvalue weighted by Gasteiger charge is -2.25. The smallest absolute Gasteiger partial charge is 0.213 e. The fourth-order valence-electron chi connectivity index (χ4n) is 2.65. The van der Waals surface area contributed by atoms with Gasteiger partial charge < -0.3 is 10.6 Å². The van der Waals surface area contributed by atoms with E-state index in [1.54, 1.807) is 19.2 Å². The van der Waals surface area contributed by atoms with Crippen LogP contribution in [-0.4, -0.2) is 40.3 Å². The quantitative estimate of drug-likeness (QED) is 0.263. The molecular weight excluding hydrogens is 522 g/mol. The number of sulfonamides is 1. The van der Waals surface area contributed by atoms with Crippen molar-refractivity contribution in [1.29, 1.82) is 0 Å². The molecule has 0 heterocycles. The van der Waals surface area contributed by atoms with Crippen LogP contribution in [0.5, 0.6) is 0 Å². The molecule has 0 spiro atoms. The summed E-state index contributed by atoms with van der Waals surface area (Å²) >= 11 is 12.1. The van der Waals surface area contributed by atoms with Gasteiger partial charge in [0.25, 0.3) is 0 Å². The number of benzene rings is 1. The van der Waals surface area contributed by atoms with Gasteiger partial charge in [0.1, 0.15) is 0 Å². The van der Waals surface area contributed by atoms with Crippen molar-refractivity contribution < 1.29 is 8.42 Å². The van der Waals surface area contributed by atoms with Crippen molar-refractivity contribution in [2.75, 3.05) is 25.9 Å². The molecule has 1 fully saturated rings. The predicted molar refractivity (Wildman–Crippen MR) is 124 cm³/mol. The Morgan fingerprint density at radius 1 is 1.33 bits per heavy atom. The van der Waals surface area contributed by atoms with E-state index in [4.69, 9.17) is 23.2 Å². The zero-order chi connectivity index (χ0) is 19.2. The fraction of sp³-hybridized carbons (Fsp3) is 0.588. The van der Waals surface area contributed by atoms with Crippen molar-refractivity contribution in [2.24, 2.45) is 10.9 Å². The average molecular weight is 549 g/mol. The molecule has 0 aromatic heterocycles. The second-order valence-corrected chi connectivity index (χ2v) is 9.27. The topological polar surface area (TPSA) is 82.6 Å². The molecule has 1 unspecified atom stereocenters. The summed E-state index contributed by atoms with van der Waals surface area (Å²) in [7, 11) is -1.65. The number of halogens is 3. The summed E-state index contributed by atoms with van der Waals surface area (Å²) in [6, 6.07) is 5.20. The summed E-state index contributed by atoms with van der Waals surface area (Å²) in [5, 5.41) is 7.36. The number of nitrogens with zero attached hydrogens (tertiary/aromatic N) is 1. The summed E-state index contributed by atoms with van der Waals surface area (Å²) < 4.78 is 26.7. The van der Waals surface area contributed by atoms with Crippen LogP contribution < -0.4 is 15.4 Å². The van der Waals surface area contributed by atoms with Gasteiger partial charge in [-0.05, 0) is 43.4 Å². The second kappa shape index (κ2) is 11.6. The number of hydrogen-bond donors (Lipinski definition) is 3. The van der Waals surface area contributed by atoms with Crippen molar-refractivity contribution in [1.82, 2.24) is 15.4 Å². The van der Waals surface area contributed by atoms with Crippen LogP contribution in [0.25, 0.3) is 0 Å². The van der Waals surface area contributed by atoms with Crippen LogP contribution in [0.3, 0.4) is 0 Å². The third-order valence-corrected chi connectivity index (χ3v) is 6.40. The average Bonchev–Trinajstić information content (AvgIpc) is 2.51. The Morgan fingerprint density at radius 3 is 2.59 bits per heavy atom. The molecule has 0 bridgehead atoms. The lowest BCUT2D eigenvalue weighted by atomic mass is 9.86. The monoisotopic (exact) mass is 548 g/mol. The Morgan fingerprint density at radius 2 is 2.04 bits per heavy atom. The van der Waals surface area contributed by atoms with Crippen molar-refractivity contribution in [3.63, 3.8) is 0 Å². The minimum absolute atomic E-state index is 0. The van der Waals surface area contributed by atoms with E-state index in [0.29, 0.717) is 28.5 Å². The first kappa shape index (κ1) is 24.7.